The van der Waals surface area contributed by atoms with Crippen LogP contribution < -0.4 is 29.6 Å². The number of ether oxygens (including phenoxy) is 4. The molecule has 3 rings (SSSR count). The molecule has 0 aliphatic carbocycles. The molecular weight excluding hydrogens is 346 g/mol. The summed E-state index contributed by atoms with van der Waals surface area (Å²) in [6.45, 7) is 4.16. The number of fused-ring (bicyclic) bond motifs is 1. The second kappa shape index (κ2) is 9.02. The lowest BCUT2D eigenvalue weighted by Gasteiger charge is -2.15. The molecule has 2 N–H and O–H groups in total. The molecule has 0 atom stereocenters. The van der Waals surface area contributed by atoms with Crippen molar-refractivity contribution in [2.45, 2.75) is 20.0 Å². The summed E-state index contributed by atoms with van der Waals surface area (Å²) in [6, 6.07) is 11.7. The molecule has 144 valence electrons. The number of hydrogen-bond donors (Lipinski definition) is 2. The van der Waals surface area contributed by atoms with Gasteiger partial charge < -0.3 is 29.6 Å². The van der Waals surface area contributed by atoms with Gasteiger partial charge in [-0.15, -0.1) is 0 Å². The SMILES string of the molecule is CCNC(=NCc1ccc2c(c1)OCO2)NCc1cccc(OC)c1OC. The number of nitrogens with one attached hydrogen (secondary N) is 2. The van der Waals surface area contributed by atoms with Crippen molar-refractivity contribution in [3.05, 3.63) is 47.5 Å². The van der Waals surface area contributed by atoms with Gasteiger partial charge in [-0.25, -0.2) is 4.99 Å². The molecule has 0 saturated carbocycles. The summed E-state index contributed by atoms with van der Waals surface area (Å²) in [7, 11) is 3.27. The highest BCUT2D eigenvalue weighted by Crippen LogP contribution is 2.33. The summed E-state index contributed by atoms with van der Waals surface area (Å²) in [5.74, 6) is 3.69. The number of nitrogens with zero attached hydrogens (tertiary/aromatic N) is 1. The Hall–Kier alpha value is -3.09. The van der Waals surface area contributed by atoms with Gasteiger partial charge in [-0.2, -0.15) is 0 Å². The quantitative estimate of drug-likeness (QED) is 0.576. The van der Waals surface area contributed by atoms with Crippen LogP contribution in [0.5, 0.6) is 23.0 Å². The van der Waals surface area contributed by atoms with Gasteiger partial charge in [-0.3, -0.25) is 0 Å². The lowest BCUT2D eigenvalue weighted by molar-refractivity contribution is 0.174. The molecule has 1 aliphatic rings. The highest BCUT2D eigenvalue weighted by Gasteiger charge is 2.13. The van der Waals surface area contributed by atoms with E-state index in [1.807, 2.05) is 43.3 Å². The second-order valence-corrected chi connectivity index (χ2v) is 5.89. The molecule has 2 aromatic rings. The standard InChI is InChI=1S/C20H25N3O4/c1-4-21-20(22-11-14-8-9-16-18(10-14)27-13-26-16)23-12-15-6-5-7-17(24-2)19(15)25-3/h5-10H,4,11-13H2,1-3H3,(H2,21,22,23). The summed E-state index contributed by atoms with van der Waals surface area (Å²) < 4.78 is 21.6. The third-order valence-electron chi connectivity index (χ3n) is 4.13. The Labute approximate surface area is 159 Å². The first-order valence-electron chi connectivity index (χ1n) is 8.85. The molecule has 7 heteroatoms. The molecule has 0 radical (unpaired) electrons. The van der Waals surface area contributed by atoms with Crippen molar-refractivity contribution < 1.29 is 18.9 Å². The van der Waals surface area contributed by atoms with Crippen molar-refractivity contribution in [3.8, 4) is 23.0 Å². The molecule has 0 bridgehead atoms. The molecule has 0 fully saturated rings. The lowest BCUT2D eigenvalue weighted by atomic mass is 10.2. The number of rotatable bonds is 7. The normalized spacial score (nSPS) is 12.6. The van der Waals surface area contributed by atoms with Gasteiger partial charge in [0.1, 0.15) is 0 Å². The highest BCUT2D eigenvalue weighted by atomic mass is 16.7. The van der Waals surface area contributed by atoms with Crippen molar-refractivity contribution in [3.63, 3.8) is 0 Å². The van der Waals surface area contributed by atoms with Crippen LogP contribution in [0.4, 0.5) is 0 Å². The molecule has 0 saturated heterocycles. The van der Waals surface area contributed by atoms with Crippen LogP contribution in [0.15, 0.2) is 41.4 Å². The predicted molar refractivity (Wildman–Crippen MR) is 104 cm³/mol. The van der Waals surface area contributed by atoms with Crippen LogP contribution in [0.3, 0.4) is 0 Å². The summed E-state index contributed by atoms with van der Waals surface area (Å²) in [4.78, 5) is 4.65. The fourth-order valence-electron chi connectivity index (χ4n) is 2.82. The number of para-hydroxylation sites is 1. The van der Waals surface area contributed by atoms with Gasteiger partial charge in [0, 0.05) is 18.7 Å². The van der Waals surface area contributed by atoms with Crippen LogP contribution in [0.25, 0.3) is 0 Å². The summed E-state index contributed by atoms with van der Waals surface area (Å²) in [5, 5.41) is 6.59. The Morgan fingerprint density at radius 3 is 2.70 bits per heavy atom. The van der Waals surface area contributed by atoms with Crippen molar-refractivity contribution in [2.24, 2.45) is 4.99 Å². The smallest absolute Gasteiger partial charge is 0.231 e. The van der Waals surface area contributed by atoms with Gasteiger partial charge in [-0.1, -0.05) is 18.2 Å². The van der Waals surface area contributed by atoms with E-state index >= 15 is 0 Å². The zero-order chi connectivity index (χ0) is 19.1. The molecule has 0 unspecified atom stereocenters. The van der Waals surface area contributed by atoms with E-state index in [1.165, 1.54) is 0 Å². The Morgan fingerprint density at radius 1 is 1.07 bits per heavy atom. The Bertz CT molecular complexity index is 808. The van der Waals surface area contributed by atoms with E-state index in [1.54, 1.807) is 14.2 Å². The molecule has 27 heavy (non-hydrogen) atoms. The minimum atomic E-state index is 0.272. The van der Waals surface area contributed by atoms with Crippen LogP contribution in [-0.2, 0) is 13.1 Å². The third-order valence-corrected chi connectivity index (χ3v) is 4.13. The third kappa shape index (κ3) is 4.55. The van der Waals surface area contributed by atoms with Gasteiger partial charge in [0.05, 0.1) is 20.8 Å². The topological polar surface area (TPSA) is 73.3 Å². The van der Waals surface area contributed by atoms with E-state index < -0.39 is 0 Å². The van der Waals surface area contributed by atoms with E-state index in [4.69, 9.17) is 18.9 Å². The van der Waals surface area contributed by atoms with Crippen molar-refractivity contribution >= 4 is 5.96 Å². The first-order chi connectivity index (χ1) is 13.2. The zero-order valence-electron chi connectivity index (χ0n) is 15.9. The maximum atomic E-state index is 5.48. The number of benzene rings is 2. The molecule has 0 aromatic heterocycles. The van der Waals surface area contributed by atoms with Crippen LogP contribution in [0.1, 0.15) is 18.1 Å². The predicted octanol–water partition coefficient (Wildman–Crippen LogP) is 2.69. The van der Waals surface area contributed by atoms with E-state index in [0.29, 0.717) is 18.8 Å². The van der Waals surface area contributed by atoms with Gasteiger partial charge >= 0.3 is 0 Å². The number of guanidine groups is 1. The number of hydrogen-bond acceptors (Lipinski definition) is 5. The maximum absolute atomic E-state index is 5.48. The fraction of sp³-hybridized carbons (Fsp3) is 0.350. The maximum Gasteiger partial charge on any atom is 0.231 e. The number of aliphatic imine (C=N–C) groups is 1. The summed E-state index contributed by atoms with van der Waals surface area (Å²) in [5.41, 5.74) is 2.04. The largest absolute Gasteiger partial charge is 0.493 e. The van der Waals surface area contributed by atoms with Gasteiger partial charge in [-0.05, 0) is 30.7 Å². The van der Waals surface area contributed by atoms with E-state index in [-0.39, 0.29) is 6.79 Å². The summed E-state index contributed by atoms with van der Waals surface area (Å²) in [6.07, 6.45) is 0. The molecule has 2 aromatic carbocycles. The summed E-state index contributed by atoms with van der Waals surface area (Å²) >= 11 is 0. The first kappa shape index (κ1) is 18.7. The van der Waals surface area contributed by atoms with Crippen molar-refractivity contribution in [1.82, 2.24) is 10.6 Å². The minimum absolute atomic E-state index is 0.272. The van der Waals surface area contributed by atoms with Crippen LogP contribution in [0, 0.1) is 0 Å². The fourth-order valence-corrected chi connectivity index (χ4v) is 2.82. The molecule has 7 nitrogen and oxygen atoms in total. The van der Waals surface area contributed by atoms with Crippen LogP contribution in [0.2, 0.25) is 0 Å². The molecule has 0 amide bonds. The molecule has 1 aliphatic heterocycles. The van der Waals surface area contributed by atoms with Crippen LogP contribution in [-0.4, -0.2) is 33.5 Å². The minimum Gasteiger partial charge on any atom is -0.493 e. The van der Waals surface area contributed by atoms with E-state index in [0.717, 1.165) is 40.9 Å². The molecule has 0 spiro atoms. The first-order valence-corrected chi connectivity index (χ1v) is 8.85. The Morgan fingerprint density at radius 2 is 1.93 bits per heavy atom. The van der Waals surface area contributed by atoms with Gasteiger partial charge in [0.15, 0.2) is 29.0 Å². The zero-order valence-corrected chi connectivity index (χ0v) is 15.9. The molecular formula is C20H25N3O4. The monoisotopic (exact) mass is 371 g/mol. The second-order valence-electron chi connectivity index (χ2n) is 5.89. The highest BCUT2D eigenvalue weighted by molar-refractivity contribution is 5.79. The van der Waals surface area contributed by atoms with E-state index in [2.05, 4.69) is 15.6 Å². The van der Waals surface area contributed by atoms with Crippen molar-refractivity contribution in [1.29, 1.82) is 0 Å². The number of methoxy groups -OCH3 is 2. The van der Waals surface area contributed by atoms with Gasteiger partial charge in [0.25, 0.3) is 0 Å². The van der Waals surface area contributed by atoms with E-state index in [9.17, 15) is 0 Å². The van der Waals surface area contributed by atoms with Gasteiger partial charge in [0.2, 0.25) is 6.79 Å². The molecule has 1 heterocycles. The van der Waals surface area contributed by atoms with Crippen LogP contribution >= 0.6 is 0 Å². The Balaban J connectivity index is 1.68. The average Bonchev–Trinajstić information content (AvgIpc) is 3.17. The lowest BCUT2D eigenvalue weighted by Crippen LogP contribution is -2.36. The average molecular weight is 371 g/mol. The Kier molecular flexibility index (Phi) is 6.25. The van der Waals surface area contributed by atoms with Crippen molar-refractivity contribution in [2.75, 3.05) is 27.6 Å².